The molecule has 134 valence electrons. The van der Waals surface area contributed by atoms with Crippen LogP contribution in [0.4, 0.5) is 8.78 Å². The number of hydrogen-bond donors (Lipinski definition) is 0. The lowest BCUT2D eigenvalue weighted by atomic mass is 10.2. The van der Waals surface area contributed by atoms with Crippen molar-refractivity contribution in [1.29, 1.82) is 0 Å². The van der Waals surface area contributed by atoms with Crippen LogP contribution in [0.15, 0.2) is 52.4 Å². The Morgan fingerprint density at radius 1 is 1.19 bits per heavy atom. The molecule has 0 N–H and O–H groups in total. The van der Waals surface area contributed by atoms with Crippen LogP contribution in [0, 0.1) is 6.92 Å². The van der Waals surface area contributed by atoms with Gasteiger partial charge in [-0.3, -0.25) is 4.79 Å². The van der Waals surface area contributed by atoms with Crippen LogP contribution in [0.25, 0.3) is 10.9 Å². The van der Waals surface area contributed by atoms with E-state index < -0.39 is 6.61 Å². The molecule has 1 aromatic heterocycles. The van der Waals surface area contributed by atoms with Crippen molar-refractivity contribution in [3.63, 3.8) is 0 Å². The molecule has 0 aliphatic carbocycles. The van der Waals surface area contributed by atoms with Crippen LogP contribution < -0.4 is 15.0 Å². The van der Waals surface area contributed by atoms with Crippen LogP contribution in [0.5, 0.6) is 11.5 Å². The number of ether oxygens (including phenoxy) is 2. The molecule has 0 unspecified atom stereocenters. The van der Waals surface area contributed by atoms with Gasteiger partial charge in [0.2, 0.25) is 0 Å². The van der Waals surface area contributed by atoms with Crippen LogP contribution >= 0.6 is 0 Å². The minimum atomic E-state index is -2.95. The highest BCUT2D eigenvalue weighted by atomic mass is 19.3. The summed E-state index contributed by atoms with van der Waals surface area (Å²) in [6, 6.07) is 11.3. The Kier molecular flexibility index (Phi) is 4.92. The lowest BCUT2D eigenvalue weighted by molar-refractivity contribution is -0.0512. The van der Waals surface area contributed by atoms with Crippen molar-refractivity contribution in [2.75, 3.05) is 7.11 Å². The van der Waals surface area contributed by atoms with Crippen LogP contribution in [0.3, 0.4) is 0 Å². The normalized spacial score (nSPS) is 11.4. The Hall–Kier alpha value is -3.29. The Morgan fingerprint density at radius 3 is 2.69 bits per heavy atom. The maximum absolute atomic E-state index is 12.6. The lowest BCUT2D eigenvalue weighted by Gasteiger charge is -2.10. The Labute approximate surface area is 147 Å². The first kappa shape index (κ1) is 17.5. The van der Waals surface area contributed by atoms with E-state index in [-0.39, 0.29) is 17.1 Å². The van der Waals surface area contributed by atoms with E-state index in [1.807, 2.05) is 0 Å². The van der Waals surface area contributed by atoms with Crippen LogP contribution in [0.2, 0.25) is 0 Å². The smallest absolute Gasteiger partial charge is 0.387 e. The molecule has 2 aromatic carbocycles. The van der Waals surface area contributed by atoms with E-state index >= 15 is 0 Å². The van der Waals surface area contributed by atoms with Gasteiger partial charge in [-0.1, -0.05) is 12.1 Å². The molecule has 0 spiro atoms. The van der Waals surface area contributed by atoms with Gasteiger partial charge in [0.05, 0.1) is 24.2 Å². The van der Waals surface area contributed by atoms with E-state index in [1.54, 1.807) is 31.2 Å². The highest BCUT2D eigenvalue weighted by molar-refractivity contribution is 5.81. The topological polar surface area (TPSA) is 65.7 Å². The fourth-order valence-electron chi connectivity index (χ4n) is 2.45. The number of aromatic nitrogens is 2. The summed E-state index contributed by atoms with van der Waals surface area (Å²) in [6.45, 7) is -1.28. The average molecular weight is 359 g/mol. The number of halogens is 2. The molecular weight excluding hydrogens is 344 g/mol. The summed E-state index contributed by atoms with van der Waals surface area (Å²) in [4.78, 5) is 16.9. The highest BCUT2D eigenvalue weighted by Crippen LogP contribution is 2.28. The molecular formula is C18H15F2N3O3. The molecule has 0 amide bonds. The minimum Gasteiger partial charge on any atom is -0.493 e. The van der Waals surface area contributed by atoms with Crippen LogP contribution in [0.1, 0.15) is 11.4 Å². The van der Waals surface area contributed by atoms with Crippen molar-refractivity contribution >= 4 is 17.1 Å². The molecule has 3 aromatic rings. The van der Waals surface area contributed by atoms with Crippen molar-refractivity contribution in [3.05, 3.63) is 64.2 Å². The van der Waals surface area contributed by atoms with Gasteiger partial charge in [-0.25, -0.2) is 4.98 Å². The number of aryl methyl sites for hydroxylation is 1. The summed E-state index contributed by atoms with van der Waals surface area (Å²) in [6.07, 6.45) is 1.42. The molecule has 0 bridgehead atoms. The number of hydrogen-bond acceptors (Lipinski definition) is 5. The summed E-state index contributed by atoms with van der Waals surface area (Å²) >= 11 is 0. The van der Waals surface area contributed by atoms with Gasteiger partial charge < -0.3 is 9.47 Å². The van der Waals surface area contributed by atoms with E-state index in [2.05, 4.69) is 14.8 Å². The third-order valence-corrected chi connectivity index (χ3v) is 3.64. The third kappa shape index (κ3) is 3.53. The SMILES string of the molecule is COc1cc(/C=N/n2c(C)nc3ccccc3c2=O)ccc1OC(F)F. The van der Waals surface area contributed by atoms with Crippen LogP contribution in [-0.2, 0) is 0 Å². The zero-order valence-corrected chi connectivity index (χ0v) is 14.0. The number of rotatable bonds is 5. The zero-order chi connectivity index (χ0) is 18.7. The summed E-state index contributed by atoms with van der Waals surface area (Å²) in [5.41, 5.74) is 0.841. The first-order valence-corrected chi connectivity index (χ1v) is 7.65. The van der Waals surface area contributed by atoms with Crippen LogP contribution in [-0.4, -0.2) is 29.6 Å². The predicted molar refractivity (Wildman–Crippen MR) is 93.4 cm³/mol. The van der Waals surface area contributed by atoms with Crippen molar-refractivity contribution in [2.45, 2.75) is 13.5 Å². The Bertz CT molecular complexity index is 1030. The summed E-state index contributed by atoms with van der Waals surface area (Å²) < 4.78 is 35.3. The summed E-state index contributed by atoms with van der Waals surface area (Å²) in [5, 5.41) is 4.62. The quantitative estimate of drug-likeness (QED) is 0.656. The van der Waals surface area contributed by atoms with Gasteiger partial charge >= 0.3 is 6.61 Å². The average Bonchev–Trinajstić information content (AvgIpc) is 2.62. The zero-order valence-electron chi connectivity index (χ0n) is 14.0. The van der Waals surface area contributed by atoms with Gasteiger partial charge in [0.25, 0.3) is 5.56 Å². The first-order chi connectivity index (χ1) is 12.5. The van der Waals surface area contributed by atoms with Crippen molar-refractivity contribution in [1.82, 2.24) is 9.66 Å². The molecule has 8 heteroatoms. The van der Waals surface area contributed by atoms with E-state index in [0.29, 0.717) is 22.3 Å². The van der Waals surface area contributed by atoms with Gasteiger partial charge in [0.1, 0.15) is 5.82 Å². The fourth-order valence-corrected chi connectivity index (χ4v) is 2.45. The molecule has 0 radical (unpaired) electrons. The molecule has 0 saturated carbocycles. The number of methoxy groups -OCH3 is 1. The maximum atomic E-state index is 12.6. The number of para-hydroxylation sites is 1. The monoisotopic (exact) mass is 359 g/mol. The molecule has 0 fully saturated rings. The lowest BCUT2D eigenvalue weighted by Crippen LogP contribution is -2.20. The molecule has 0 aliphatic rings. The van der Waals surface area contributed by atoms with Gasteiger partial charge in [-0.2, -0.15) is 18.6 Å². The number of nitrogens with zero attached hydrogens (tertiary/aromatic N) is 3. The number of fused-ring (bicyclic) bond motifs is 1. The van der Waals surface area contributed by atoms with Gasteiger partial charge in [0.15, 0.2) is 11.5 Å². The molecule has 1 heterocycles. The first-order valence-electron chi connectivity index (χ1n) is 7.65. The van der Waals surface area contributed by atoms with Crippen molar-refractivity contribution < 1.29 is 18.3 Å². The van der Waals surface area contributed by atoms with E-state index in [9.17, 15) is 13.6 Å². The standard InChI is InChI=1S/C18H15F2N3O3/c1-11-22-14-6-4-3-5-13(14)17(24)23(11)21-10-12-7-8-15(26-18(19)20)16(9-12)25-2/h3-10,18H,1-2H3/b21-10+. The fraction of sp³-hybridized carbons (Fsp3) is 0.167. The molecule has 0 atom stereocenters. The third-order valence-electron chi connectivity index (χ3n) is 3.64. The molecule has 6 nitrogen and oxygen atoms in total. The second kappa shape index (κ2) is 7.30. The molecule has 3 rings (SSSR count). The summed E-state index contributed by atoms with van der Waals surface area (Å²) in [5.74, 6) is 0.477. The van der Waals surface area contributed by atoms with Gasteiger partial charge in [-0.15, -0.1) is 0 Å². The molecule has 26 heavy (non-hydrogen) atoms. The molecule has 0 saturated heterocycles. The number of alkyl halides is 2. The van der Waals surface area contributed by atoms with Crippen molar-refractivity contribution in [3.8, 4) is 11.5 Å². The second-order valence-corrected chi connectivity index (χ2v) is 5.33. The Morgan fingerprint density at radius 2 is 1.96 bits per heavy atom. The number of benzene rings is 2. The van der Waals surface area contributed by atoms with E-state index in [1.165, 1.54) is 36.2 Å². The highest BCUT2D eigenvalue weighted by Gasteiger charge is 2.11. The predicted octanol–water partition coefficient (Wildman–Crippen LogP) is 3.20. The maximum Gasteiger partial charge on any atom is 0.387 e. The largest absolute Gasteiger partial charge is 0.493 e. The Balaban J connectivity index is 1.98. The second-order valence-electron chi connectivity index (χ2n) is 5.33. The van der Waals surface area contributed by atoms with E-state index in [0.717, 1.165) is 0 Å². The summed E-state index contributed by atoms with van der Waals surface area (Å²) in [7, 11) is 1.34. The van der Waals surface area contributed by atoms with Gasteiger partial charge in [0, 0.05) is 0 Å². The van der Waals surface area contributed by atoms with Crippen molar-refractivity contribution in [2.24, 2.45) is 5.10 Å². The minimum absolute atomic E-state index is 0.0830. The van der Waals surface area contributed by atoms with Gasteiger partial charge in [-0.05, 0) is 42.8 Å². The molecule has 0 aliphatic heterocycles. The van der Waals surface area contributed by atoms with E-state index in [4.69, 9.17) is 4.74 Å².